The van der Waals surface area contributed by atoms with E-state index in [9.17, 15) is 13.2 Å². The van der Waals surface area contributed by atoms with Crippen molar-refractivity contribution in [3.05, 3.63) is 30.3 Å². The first-order chi connectivity index (χ1) is 13.5. The summed E-state index contributed by atoms with van der Waals surface area (Å²) in [5.74, 6) is 2.19. The summed E-state index contributed by atoms with van der Waals surface area (Å²) in [5.41, 5.74) is -0.0779. The van der Waals surface area contributed by atoms with E-state index in [0.717, 1.165) is 49.9 Å². The first-order valence-corrected chi connectivity index (χ1v) is 12.3. The second-order valence-corrected chi connectivity index (χ2v) is 11.5. The maximum atomic E-state index is 13.4. The number of rotatable bonds is 4. The van der Waals surface area contributed by atoms with Gasteiger partial charge in [-0.15, -0.1) is 0 Å². The third-order valence-corrected chi connectivity index (χ3v) is 9.46. The Kier molecular flexibility index (Phi) is 4.55. The van der Waals surface area contributed by atoms with Crippen LogP contribution < -0.4 is 5.32 Å². The molecule has 152 valence electrons. The predicted octanol–water partition coefficient (Wildman–Crippen LogP) is 3.31. The zero-order valence-corrected chi connectivity index (χ0v) is 17.2. The van der Waals surface area contributed by atoms with Gasteiger partial charge < -0.3 is 5.32 Å². The first kappa shape index (κ1) is 18.6. The van der Waals surface area contributed by atoms with Crippen LogP contribution in [0.15, 0.2) is 35.2 Å². The van der Waals surface area contributed by atoms with Crippen molar-refractivity contribution in [2.45, 2.75) is 74.3 Å². The molecule has 0 unspecified atom stereocenters. The highest BCUT2D eigenvalue weighted by molar-refractivity contribution is 7.89. The maximum Gasteiger partial charge on any atom is 0.243 e. The lowest BCUT2D eigenvalue weighted by Gasteiger charge is -2.57. The standard InChI is InChI=1S/C22H30N2O3S/c25-21(23-22-13-16-10-17(14-22)12-18(11-16)15-22)20-8-4-5-9-24(20)28(26,27)19-6-2-1-3-7-19/h1-3,6-7,16-18,20H,4-5,8-15H2,(H,23,25)/t16?,17?,18?,20-,22?/m1/s1. The minimum Gasteiger partial charge on any atom is -0.349 e. The van der Waals surface area contributed by atoms with Crippen molar-refractivity contribution >= 4 is 15.9 Å². The SMILES string of the molecule is O=C(NC12CC3CC(CC(C3)C1)C2)[C@H]1CCCCN1S(=O)(=O)c1ccccc1. The van der Waals surface area contributed by atoms with Gasteiger partial charge >= 0.3 is 0 Å². The average Bonchev–Trinajstić information content (AvgIpc) is 2.67. The molecule has 1 aliphatic heterocycles. The quantitative estimate of drug-likeness (QED) is 0.840. The number of nitrogens with zero attached hydrogens (tertiary/aromatic N) is 1. The van der Waals surface area contributed by atoms with Gasteiger partial charge in [-0.3, -0.25) is 4.79 Å². The van der Waals surface area contributed by atoms with Crippen LogP contribution in [0.2, 0.25) is 0 Å². The smallest absolute Gasteiger partial charge is 0.243 e. The second-order valence-electron chi connectivity index (χ2n) is 9.63. The van der Waals surface area contributed by atoms with Crippen LogP contribution in [0.1, 0.15) is 57.8 Å². The van der Waals surface area contributed by atoms with Gasteiger partial charge in [-0.05, 0) is 81.3 Å². The van der Waals surface area contributed by atoms with Crippen molar-refractivity contribution in [2.24, 2.45) is 17.8 Å². The van der Waals surface area contributed by atoms with E-state index >= 15 is 0 Å². The third kappa shape index (κ3) is 3.18. The predicted molar refractivity (Wildman–Crippen MR) is 107 cm³/mol. The molecule has 5 fully saturated rings. The number of hydrogen-bond donors (Lipinski definition) is 1. The van der Waals surface area contributed by atoms with Gasteiger partial charge in [0.05, 0.1) is 4.90 Å². The zero-order chi connectivity index (χ0) is 19.4. The molecule has 0 spiro atoms. The van der Waals surface area contributed by atoms with Gasteiger partial charge in [0.15, 0.2) is 0 Å². The summed E-state index contributed by atoms with van der Waals surface area (Å²) in [6, 6.07) is 7.96. The van der Waals surface area contributed by atoms with E-state index in [1.165, 1.54) is 23.6 Å². The van der Waals surface area contributed by atoms with Crippen LogP contribution in [0.3, 0.4) is 0 Å². The number of sulfonamides is 1. The molecule has 6 rings (SSSR count). The fourth-order valence-corrected chi connectivity index (χ4v) is 8.47. The van der Waals surface area contributed by atoms with Gasteiger partial charge in [-0.25, -0.2) is 8.42 Å². The average molecular weight is 403 g/mol. The van der Waals surface area contributed by atoms with E-state index in [1.807, 2.05) is 6.07 Å². The molecule has 4 bridgehead atoms. The molecule has 1 N–H and O–H groups in total. The molecule has 1 heterocycles. The summed E-state index contributed by atoms with van der Waals surface area (Å²) in [7, 11) is -3.65. The highest BCUT2D eigenvalue weighted by atomic mass is 32.2. The Balaban J connectivity index is 1.37. The largest absolute Gasteiger partial charge is 0.349 e. The summed E-state index contributed by atoms with van der Waals surface area (Å²) < 4.78 is 27.9. The summed E-state index contributed by atoms with van der Waals surface area (Å²) >= 11 is 0. The summed E-state index contributed by atoms with van der Waals surface area (Å²) in [5, 5.41) is 3.40. The van der Waals surface area contributed by atoms with Gasteiger partial charge in [-0.2, -0.15) is 4.31 Å². The Labute approximate surface area is 167 Å². The van der Waals surface area contributed by atoms with Crippen molar-refractivity contribution in [3.63, 3.8) is 0 Å². The molecule has 5 nitrogen and oxygen atoms in total. The molecule has 28 heavy (non-hydrogen) atoms. The molecule has 1 aromatic rings. The topological polar surface area (TPSA) is 66.5 Å². The van der Waals surface area contributed by atoms with Crippen molar-refractivity contribution in [2.75, 3.05) is 6.54 Å². The molecule has 1 amide bonds. The lowest BCUT2D eigenvalue weighted by molar-refractivity contribution is -0.131. The molecule has 0 radical (unpaired) electrons. The monoisotopic (exact) mass is 402 g/mol. The normalized spacial score (nSPS) is 37.7. The van der Waals surface area contributed by atoms with E-state index in [1.54, 1.807) is 24.3 Å². The van der Waals surface area contributed by atoms with E-state index in [2.05, 4.69) is 5.32 Å². The summed E-state index contributed by atoms with van der Waals surface area (Å²) in [6.45, 7) is 0.427. The van der Waals surface area contributed by atoms with Gasteiger partial charge in [0.1, 0.15) is 6.04 Å². The van der Waals surface area contributed by atoms with Crippen molar-refractivity contribution in [1.82, 2.24) is 9.62 Å². The number of nitrogens with one attached hydrogen (secondary N) is 1. The molecular formula is C22H30N2O3S. The molecule has 6 heteroatoms. The van der Waals surface area contributed by atoms with Crippen molar-refractivity contribution in [3.8, 4) is 0 Å². The van der Waals surface area contributed by atoms with Gasteiger partial charge in [0.2, 0.25) is 15.9 Å². The van der Waals surface area contributed by atoms with Crippen LogP contribution in [0, 0.1) is 17.8 Å². The number of hydrogen-bond acceptors (Lipinski definition) is 3. The van der Waals surface area contributed by atoms with Crippen LogP contribution in [-0.2, 0) is 14.8 Å². The molecule has 1 aromatic carbocycles. The fourth-order valence-electron chi connectivity index (χ4n) is 6.79. The Morgan fingerprint density at radius 2 is 1.57 bits per heavy atom. The van der Waals surface area contributed by atoms with Gasteiger partial charge in [-0.1, -0.05) is 24.6 Å². The minimum absolute atomic E-state index is 0.0684. The Morgan fingerprint density at radius 1 is 0.964 bits per heavy atom. The molecule has 5 aliphatic rings. The fraction of sp³-hybridized carbons (Fsp3) is 0.682. The Morgan fingerprint density at radius 3 is 2.18 bits per heavy atom. The van der Waals surface area contributed by atoms with Crippen LogP contribution in [0.5, 0.6) is 0 Å². The van der Waals surface area contributed by atoms with Crippen LogP contribution in [-0.4, -0.2) is 36.8 Å². The second kappa shape index (κ2) is 6.84. The number of carbonyl (C=O) groups excluding carboxylic acids is 1. The van der Waals surface area contributed by atoms with E-state index in [4.69, 9.17) is 0 Å². The van der Waals surface area contributed by atoms with Crippen LogP contribution >= 0.6 is 0 Å². The van der Waals surface area contributed by atoms with E-state index in [0.29, 0.717) is 13.0 Å². The van der Waals surface area contributed by atoms with E-state index in [-0.39, 0.29) is 16.3 Å². The lowest BCUT2D eigenvalue weighted by atomic mass is 9.53. The van der Waals surface area contributed by atoms with Gasteiger partial charge in [0, 0.05) is 12.1 Å². The van der Waals surface area contributed by atoms with Crippen molar-refractivity contribution in [1.29, 1.82) is 0 Å². The van der Waals surface area contributed by atoms with E-state index < -0.39 is 16.1 Å². The Bertz CT molecular complexity index is 817. The highest BCUT2D eigenvalue weighted by Gasteiger charge is 2.52. The molecule has 1 atom stereocenters. The minimum atomic E-state index is -3.65. The molecular weight excluding hydrogens is 372 g/mol. The third-order valence-electron chi connectivity index (χ3n) is 7.53. The van der Waals surface area contributed by atoms with Crippen LogP contribution in [0.4, 0.5) is 0 Å². The number of piperidine rings is 1. The zero-order valence-electron chi connectivity index (χ0n) is 16.3. The maximum absolute atomic E-state index is 13.4. The molecule has 0 aromatic heterocycles. The molecule has 1 saturated heterocycles. The number of amides is 1. The lowest BCUT2D eigenvalue weighted by Crippen LogP contribution is -2.63. The number of benzene rings is 1. The Hall–Kier alpha value is -1.40. The van der Waals surface area contributed by atoms with Crippen LogP contribution in [0.25, 0.3) is 0 Å². The molecule has 4 aliphatic carbocycles. The van der Waals surface area contributed by atoms with Gasteiger partial charge in [0.25, 0.3) is 0 Å². The summed E-state index contributed by atoms with van der Waals surface area (Å²) in [4.78, 5) is 13.6. The highest BCUT2D eigenvalue weighted by Crippen LogP contribution is 2.55. The molecule has 4 saturated carbocycles. The summed E-state index contributed by atoms with van der Waals surface area (Å²) in [6.07, 6.45) is 9.57. The number of carbonyl (C=O) groups is 1. The first-order valence-electron chi connectivity index (χ1n) is 10.8. The van der Waals surface area contributed by atoms with Crippen molar-refractivity contribution < 1.29 is 13.2 Å².